The van der Waals surface area contributed by atoms with Gasteiger partial charge in [-0.2, -0.15) is 0 Å². The number of hydrogen-bond donors (Lipinski definition) is 2. The van der Waals surface area contributed by atoms with Crippen LogP contribution in [0.25, 0.3) is 10.2 Å². The Morgan fingerprint density at radius 1 is 1.11 bits per heavy atom. The average molecular weight is 723 g/mol. The van der Waals surface area contributed by atoms with Crippen molar-refractivity contribution in [3.05, 3.63) is 105 Å². The van der Waals surface area contributed by atoms with Gasteiger partial charge in [-0.1, -0.05) is 54.6 Å². The summed E-state index contributed by atoms with van der Waals surface area (Å²) in [5.41, 5.74) is 5.26. The number of nitrogens with one attached hydrogen (secondary N) is 1. The number of nitrogens with zero attached hydrogens (tertiary/aromatic N) is 5. The lowest BCUT2D eigenvalue weighted by Gasteiger charge is -2.55. The predicted molar refractivity (Wildman–Crippen MR) is 176 cm³/mol. The summed E-state index contributed by atoms with van der Waals surface area (Å²) in [6.45, 7) is 4.77. The summed E-state index contributed by atoms with van der Waals surface area (Å²) in [4.78, 5) is 49.8. The number of halogens is 1. The molecule has 0 aliphatic carbocycles. The number of phenols is 1. The first-order valence-electron chi connectivity index (χ1n) is 14.2. The monoisotopic (exact) mass is 722 g/mol. The van der Waals surface area contributed by atoms with Crippen molar-refractivity contribution in [2.45, 2.75) is 31.7 Å². The van der Waals surface area contributed by atoms with E-state index < -0.39 is 12.2 Å². The number of fused-ring (bicyclic) bond motifs is 2. The number of carbonyl (C=O) groups excluding carboxylic acids is 3. The van der Waals surface area contributed by atoms with Crippen molar-refractivity contribution in [1.29, 1.82) is 0 Å². The van der Waals surface area contributed by atoms with Gasteiger partial charge in [0.2, 0.25) is 11.8 Å². The summed E-state index contributed by atoms with van der Waals surface area (Å²) in [5.74, 6) is -0.292. The summed E-state index contributed by atoms with van der Waals surface area (Å²) in [6.07, 6.45) is 1.14. The van der Waals surface area contributed by atoms with Crippen molar-refractivity contribution in [2.24, 2.45) is 0 Å². The van der Waals surface area contributed by atoms with Crippen LogP contribution in [0.1, 0.15) is 16.7 Å². The van der Waals surface area contributed by atoms with Crippen LogP contribution in [0.3, 0.4) is 0 Å². The van der Waals surface area contributed by atoms with Crippen molar-refractivity contribution in [1.82, 2.24) is 30.1 Å². The summed E-state index contributed by atoms with van der Waals surface area (Å²) in [7, 11) is 0. The fraction of sp³-hybridized carbons (Fsp3) is 0.250. The summed E-state index contributed by atoms with van der Waals surface area (Å²) in [6, 6.07) is 19.5. The number of aromatic nitrogens is 1. The fourth-order valence-electron chi connectivity index (χ4n) is 5.88. The van der Waals surface area contributed by atoms with Crippen molar-refractivity contribution >= 4 is 62.0 Å². The van der Waals surface area contributed by atoms with Crippen molar-refractivity contribution in [3.63, 3.8) is 0 Å². The molecule has 0 radical (unpaired) electrons. The molecular formula is C32H31IN6O4S. The molecule has 2 atom stereocenters. The van der Waals surface area contributed by atoms with Gasteiger partial charge in [-0.25, -0.2) is 19.8 Å². The van der Waals surface area contributed by atoms with E-state index >= 15 is 0 Å². The van der Waals surface area contributed by atoms with Gasteiger partial charge in [0.25, 0.3) is 0 Å². The Labute approximate surface area is 272 Å². The molecule has 226 valence electrons. The van der Waals surface area contributed by atoms with Gasteiger partial charge in [-0.15, -0.1) is 17.9 Å². The molecule has 10 nitrogen and oxygen atoms in total. The van der Waals surface area contributed by atoms with Crippen LogP contribution in [0.4, 0.5) is 4.79 Å². The van der Waals surface area contributed by atoms with Crippen LogP contribution < -0.4 is 5.32 Å². The van der Waals surface area contributed by atoms with Crippen LogP contribution in [0, 0.1) is 3.57 Å². The van der Waals surface area contributed by atoms with Gasteiger partial charge in [0.05, 0.1) is 32.4 Å². The Morgan fingerprint density at radius 3 is 2.70 bits per heavy atom. The molecule has 0 spiro atoms. The molecule has 2 fully saturated rings. The first kappa shape index (κ1) is 30.0. The number of phenolic OH excluding ortho intramolecular Hbond substituents is 1. The molecule has 0 unspecified atom stereocenters. The molecule has 4 aromatic rings. The third kappa shape index (κ3) is 6.01. The number of aromatic hydroxyl groups is 1. The lowest BCUT2D eigenvalue weighted by molar-refractivity contribution is -0.189. The van der Waals surface area contributed by atoms with E-state index in [1.54, 1.807) is 43.5 Å². The highest BCUT2D eigenvalue weighted by Crippen LogP contribution is 2.31. The molecule has 44 heavy (non-hydrogen) atoms. The number of urea groups is 1. The van der Waals surface area contributed by atoms with Gasteiger partial charge in [0.1, 0.15) is 18.0 Å². The zero-order chi connectivity index (χ0) is 30.8. The number of piperazine rings is 1. The van der Waals surface area contributed by atoms with Gasteiger partial charge in [-0.3, -0.25) is 9.59 Å². The highest BCUT2D eigenvalue weighted by atomic mass is 127. The maximum Gasteiger partial charge on any atom is 0.334 e. The SMILES string of the molecule is C=CCN1CC(=O)N2[C@@H](Cc3ccc(O)c(I)c3)C(=O)N(Cc3cccc4scnc34)C[C@@H]2N1C(=O)NCc1ccccc1. The Hall–Kier alpha value is -4.01. The van der Waals surface area contributed by atoms with Gasteiger partial charge < -0.3 is 20.2 Å². The lowest BCUT2D eigenvalue weighted by Crippen LogP contribution is -2.76. The number of hydrazine groups is 1. The smallest absolute Gasteiger partial charge is 0.334 e. The molecule has 0 saturated carbocycles. The molecular weight excluding hydrogens is 691 g/mol. The molecule has 3 heterocycles. The molecule has 0 bridgehead atoms. The van der Waals surface area contributed by atoms with E-state index in [4.69, 9.17) is 0 Å². The number of hydrogen-bond acceptors (Lipinski definition) is 7. The van der Waals surface area contributed by atoms with Crippen molar-refractivity contribution in [3.8, 4) is 5.75 Å². The minimum absolute atomic E-state index is 0.0731. The van der Waals surface area contributed by atoms with E-state index in [9.17, 15) is 19.5 Å². The number of amides is 4. The Bertz CT molecular complexity index is 1720. The molecule has 4 amide bonds. The maximum absolute atomic E-state index is 14.3. The van der Waals surface area contributed by atoms with Crippen LogP contribution in [0.2, 0.25) is 0 Å². The highest BCUT2D eigenvalue weighted by molar-refractivity contribution is 14.1. The van der Waals surface area contributed by atoms with Crippen LogP contribution in [0.15, 0.2) is 84.9 Å². The van der Waals surface area contributed by atoms with Crippen molar-refractivity contribution < 1.29 is 19.5 Å². The Morgan fingerprint density at radius 2 is 1.93 bits per heavy atom. The topological polar surface area (TPSA) is 109 Å². The first-order valence-corrected chi connectivity index (χ1v) is 16.1. The van der Waals surface area contributed by atoms with E-state index in [-0.39, 0.29) is 56.2 Å². The van der Waals surface area contributed by atoms with E-state index in [0.29, 0.717) is 10.1 Å². The van der Waals surface area contributed by atoms with Crippen LogP contribution in [-0.4, -0.2) is 79.6 Å². The molecule has 6 rings (SSSR count). The molecule has 1 aromatic heterocycles. The molecule has 2 saturated heterocycles. The quantitative estimate of drug-likeness (QED) is 0.207. The number of thiazole rings is 1. The molecule has 2 aliphatic rings. The molecule has 12 heteroatoms. The third-order valence-corrected chi connectivity index (χ3v) is 9.57. The molecule has 2 N–H and O–H groups in total. The lowest BCUT2D eigenvalue weighted by atomic mass is 9.98. The standard InChI is InChI=1S/C32H31IN6O4S/c1-2-13-37-19-29(41)38-25(15-22-11-12-26(40)24(33)14-22)31(42)36(17-23-9-6-10-27-30(23)35-20-44-27)18-28(38)39(37)32(43)34-16-21-7-4-3-5-8-21/h2-12,14,20,25,28,40H,1,13,15-19H2,(H,34,43)/t25-,28-/m0/s1. The third-order valence-electron chi connectivity index (χ3n) is 7.91. The van der Waals surface area contributed by atoms with Gasteiger partial charge in [-0.05, 0) is 57.5 Å². The van der Waals surface area contributed by atoms with Gasteiger partial charge in [0, 0.05) is 26.1 Å². The second-order valence-corrected chi connectivity index (χ2v) is 12.8. The predicted octanol–water partition coefficient (Wildman–Crippen LogP) is 4.34. The fourth-order valence-corrected chi connectivity index (χ4v) is 7.18. The summed E-state index contributed by atoms with van der Waals surface area (Å²) < 4.78 is 1.67. The summed E-state index contributed by atoms with van der Waals surface area (Å²) >= 11 is 3.58. The van der Waals surface area contributed by atoms with Crippen molar-refractivity contribution in [2.75, 3.05) is 19.6 Å². The minimum atomic E-state index is -0.855. The number of rotatable bonds is 8. The zero-order valence-corrected chi connectivity index (χ0v) is 26.8. The minimum Gasteiger partial charge on any atom is -0.507 e. The number of benzene rings is 3. The second-order valence-electron chi connectivity index (χ2n) is 10.7. The first-order chi connectivity index (χ1) is 21.3. The largest absolute Gasteiger partial charge is 0.507 e. The van der Waals surface area contributed by atoms with Gasteiger partial charge >= 0.3 is 6.03 Å². The van der Waals surface area contributed by atoms with E-state index in [2.05, 4.69) is 16.9 Å². The number of para-hydroxylation sites is 1. The Kier molecular flexibility index (Phi) is 8.82. The van der Waals surface area contributed by atoms with E-state index in [1.165, 1.54) is 11.3 Å². The second kappa shape index (κ2) is 12.9. The van der Waals surface area contributed by atoms with Crippen LogP contribution >= 0.6 is 33.9 Å². The zero-order valence-electron chi connectivity index (χ0n) is 23.8. The summed E-state index contributed by atoms with van der Waals surface area (Å²) in [5, 5.41) is 16.4. The van der Waals surface area contributed by atoms with E-state index in [0.717, 1.165) is 26.9 Å². The van der Waals surface area contributed by atoms with Crippen LogP contribution in [0.5, 0.6) is 5.75 Å². The highest BCUT2D eigenvalue weighted by Gasteiger charge is 2.51. The number of carbonyl (C=O) groups is 3. The molecule has 3 aromatic carbocycles. The van der Waals surface area contributed by atoms with Crippen LogP contribution in [-0.2, 0) is 29.1 Å². The van der Waals surface area contributed by atoms with Gasteiger partial charge in [0.15, 0.2) is 0 Å². The normalized spacial score (nSPS) is 18.9. The molecule has 2 aliphatic heterocycles. The van der Waals surface area contributed by atoms with E-state index in [1.807, 2.05) is 77.2 Å². The maximum atomic E-state index is 14.3. The average Bonchev–Trinajstić information content (AvgIpc) is 3.51. The Balaban J connectivity index is 1.37.